The van der Waals surface area contributed by atoms with E-state index < -0.39 is 0 Å². The van der Waals surface area contributed by atoms with Gasteiger partial charge >= 0.3 is 0 Å². The van der Waals surface area contributed by atoms with Gasteiger partial charge in [-0.3, -0.25) is 0 Å². The van der Waals surface area contributed by atoms with Crippen LogP contribution in [0.1, 0.15) is 22.4 Å². The van der Waals surface area contributed by atoms with Crippen LogP contribution in [0.25, 0.3) is 35.2 Å². The lowest BCUT2D eigenvalue weighted by atomic mass is 10.1. The summed E-state index contributed by atoms with van der Waals surface area (Å²) >= 11 is 24.6. The van der Waals surface area contributed by atoms with Crippen molar-refractivity contribution in [2.45, 2.75) is 0 Å². The van der Waals surface area contributed by atoms with E-state index in [2.05, 4.69) is 23.2 Å². The molecule has 0 aliphatic carbocycles. The van der Waals surface area contributed by atoms with Crippen LogP contribution in [-0.4, -0.2) is 4.98 Å². The Bertz CT molecular complexity index is 1250. The van der Waals surface area contributed by atoms with Gasteiger partial charge in [0.2, 0.25) is 0 Å². The second kappa shape index (κ2) is 8.69. The number of halogens is 4. The molecule has 0 aliphatic rings. The third kappa shape index (κ3) is 4.55. The van der Waals surface area contributed by atoms with Gasteiger partial charge in [0.1, 0.15) is 0 Å². The van der Waals surface area contributed by atoms with Crippen molar-refractivity contribution < 1.29 is 0 Å². The van der Waals surface area contributed by atoms with Crippen LogP contribution >= 0.6 is 46.4 Å². The van der Waals surface area contributed by atoms with Gasteiger partial charge in [-0.15, -0.1) is 0 Å². The molecule has 0 unspecified atom stereocenters. The zero-order valence-corrected chi connectivity index (χ0v) is 18.1. The molecule has 0 radical (unpaired) electrons. The molecular formula is C24H15Cl4N. The fourth-order valence-electron chi connectivity index (χ4n) is 3.12. The number of rotatable bonds is 4. The fourth-order valence-corrected chi connectivity index (χ4v) is 4.06. The van der Waals surface area contributed by atoms with Gasteiger partial charge in [-0.1, -0.05) is 95.0 Å². The quantitative estimate of drug-likeness (QED) is 0.313. The summed E-state index contributed by atoms with van der Waals surface area (Å²) in [5.74, 6) is 0. The van der Waals surface area contributed by atoms with Crippen LogP contribution in [0.2, 0.25) is 20.1 Å². The van der Waals surface area contributed by atoms with Gasteiger partial charge in [-0.25, -0.2) is 0 Å². The molecule has 1 N–H and O–H groups in total. The van der Waals surface area contributed by atoms with E-state index in [4.69, 9.17) is 46.4 Å². The summed E-state index contributed by atoms with van der Waals surface area (Å²) in [4.78, 5) is 3.46. The first-order valence-corrected chi connectivity index (χ1v) is 10.4. The van der Waals surface area contributed by atoms with Gasteiger partial charge in [0.15, 0.2) is 0 Å². The molecule has 144 valence electrons. The summed E-state index contributed by atoms with van der Waals surface area (Å²) in [6.07, 6.45) is 8.02. The number of aromatic amines is 1. The first-order chi connectivity index (χ1) is 14.0. The maximum atomic E-state index is 6.32. The number of benzene rings is 3. The highest BCUT2D eigenvalue weighted by Gasteiger charge is 2.07. The number of hydrogen-bond acceptors (Lipinski definition) is 0. The number of nitrogens with one attached hydrogen (secondary N) is 1. The van der Waals surface area contributed by atoms with Gasteiger partial charge < -0.3 is 4.98 Å². The minimum absolute atomic E-state index is 0.606. The molecule has 3 aromatic carbocycles. The molecule has 1 nitrogen and oxygen atoms in total. The van der Waals surface area contributed by atoms with Crippen molar-refractivity contribution in [3.8, 4) is 0 Å². The zero-order valence-electron chi connectivity index (χ0n) is 15.1. The van der Waals surface area contributed by atoms with Gasteiger partial charge in [0.05, 0.1) is 0 Å². The van der Waals surface area contributed by atoms with Crippen molar-refractivity contribution in [1.29, 1.82) is 0 Å². The molecule has 0 spiro atoms. The molecule has 0 bridgehead atoms. The topological polar surface area (TPSA) is 15.8 Å². The molecule has 0 aliphatic heterocycles. The lowest BCUT2D eigenvalue weighted by molar-refractivity contribution is 1.42. The third-order valence-corrected chi connectivity index (χ3v) is 5.69. The van der Waals surface area contributed by atoms with Crippen LogP contribution in [0, 0.1) is 0 Å². The van der Waals surface area contributed by atoms with E-state index in [1.54, 1.807) is 12.1 Å². The van der Waals surface area contributed by atoms with E-state index in [1.165, 1.54) is 0 Å². The van der Waals surface area contributed by atoms with Crippen molar-refractivity contribution in [2.24, 2.45) is 0 Å². The molecule has 1 aromatic heterocycles. The number of hydrogen-bond donors (Lipinski definition) is 1. The number of para-hydroxylation sites is 1. The molecule has 4 rings (SSSR count). The predicted molar refractivity (Wildman–Crippen MR) is 129 cm³/mol. The fraction of sp³-hybridized carbons (Fsp3) is 0. The lowest BCUT2D eigenvalue weighted by Crippen LogP contribution is -1.79. The highest BCUT2D eigenvalue weighted by Crippen LogP contribution is 2.29. The Morgan fingerprint density at radius 1 is 0.621 bits per heavy atom. The third-order valence-electron chi connectivity index (χ3n) is 4.56. The second-order valence-corrected chi connectivity index (χ2v) is 8.18. The maximum Gasteiger partial charge on any atom is 0.0493 e. The summed E-state index contributed by atoms with van der Waals surface area (Å²) in [7, 11) is 0. The monoisotopic (exact) mass is 457 g/mol. The first-order valence-electron chi connectivity index (χ1n) is 8.88. The molecule has 0 saturated carbocycles. The van der Waals surface area contributed by atoms with Crippen molar-refractivity contribution >= 4 is 81.6 Å². The normalized spacial score (nSPS) is 11.9. The van der Waals surface area contributed by atoms with Crippen LogP contribution in [0.5, 0.6) is 0 Å². The minimum atomic E-state index is 0.606. The molecular weight excluding hydrogens is 444 g/mol. The zero-order chi connectivity index (χ0) is 20.4. The second-order valence-electron chi connectivity index (χ2n) is 6.50. The minimum Gasteiger partial charge on any atom is -0.355 e. The lowest BCUT2D eigenvalue weighted by Gasteiger charge is -2.01. The van der Waals surface area contributed by atoms with Gasteiger partial charge in [-0.2, -0.15) is 0 Å². The average Bonchev–Trinajstić information content (AvgIpc) is 3.04. The van der Waals surface area contributed by atoms with E-state index in [0.717, 1.165) is 33.3 Å². The van der Waals surface area contributed by atoms with Crippen LogP contribution in [0.15, 0.2) is 60.7 Å². The Morgan fingerprint density at radius 2 is 1.21 bits per heavy atom. The van der Waals surface area contributed by atoms with E-state index in [9.17, 15) is 0 Å². The summed E-state index contributed by atoms with van der Waals surface area (Å²) < 4.78 is 0. The predicted octanol–water partition coefficient (Wildman–Crippen LogP) is 9.12. The maximum absolute atomic E-state index is 6.32. The van der Waals surface area contributed by atoms with Crippen molar-refractivity contribution in [3.63, 3.8) is 0 Å². The number of fused-ring (bicyclic) bond motifs is 1. The van der Waals surface area contributed by atoms with Crippen LogP contribution in [0.3, 0.4) is 0 Å². The highest BCUT2D eigenvalue weighted by molar-refractivity contribution is 6.36. The summed E-state index contributed by atoms with van der Waals surface area (Å²) in [6.45, 7) is 0. The Labute approximate surface area is 189 Å². The first kappa shape index (κ1) is 20.1. The van der Waals surface area contributed by atoms with Gasteiger partial charge in [0.25, 0.3) is 0 Å². The summed E-state index contributed by atoms with van der Waals surface area (Å²) in [6, 6.07) is 19.1. The highest BCUT2D eigenvalue weighted by atomic mass is 35.5. The van der Waals surface area contributed by atoms with E-state index >= 15 is 0 Å². The summed E-state index contributed by atoms with van der Waals surface area (Å²) in [5.41, 5.74) is 4.88. The van der Waals surface area contributed by atoms with E-state index in [1.807, 2.05) is 54.6 Å². The van der Waals surface area contributed by atoms with Gasteiger partial charge in [-0.05, 0) is 47.5 Å². The number of H-pyrrole nitrogens is 1. The van der Waals surface area contributed by atoms with Crippen molar-refractivity contribution in [3.05, 3.63) is 103 Å². The van der Waals surface area contributed by atoms with Crippen molar-refractivity contribution in [2.75, 3.05) is 0 Å². The van der Waals surface area contributed by atoms with Crippen LogP contribution in [0.4, 0.5) is 0 Å². The Kier molecular flexibility index (Phi) is 6.03. The Hall–Kier alpha value is -2.16. The Balaban J connectivity index is 1.76. The molecule has 0 saturated heterocycles. The number of aromatic nitrogens is 1. The van der Waals surface area contributed by atoms with Crippen LogP contribution < -0.4 is 0 Å². The molecule has 1 heterocycles. The van der Waals surface area contributed by atoms with Gasteiger partial charge in [0, 0.05) is 42.3 Å². The van der Waals surface area contributed by atoms with E-state index in [-0.39, 0.29) is 0 Å². The molecule has 0 atom stereocenters. The molecule has 4 aromatic rings. The molecule has 0 fully saturated rings. The SMILES string of the molecule is Clc1ccc(/C=C/c2[nH]c3ccccc3c2/C=C/c2ccc(Cl)cc2Cl)c(Cl)c1. The average molecular weight is 459 g/mol. The molecule has 5 heteroatoms. The standard InChI is InChI=1S/C24H15Cl4N/c25-17-9-5-15(21(27)13-17)7-11-20-19-3-1-2-4-23(19)29-24(20)12-8-16-6-10-18(26)14-22(16)28/h1-14,29H/b11-7+,12-8+. The smallest absolute Gasteiger partial charge is 0.0493 e. The van der Waals surface area contributed by atoms with Crippen molar-refractivity contribution in [1.82, 2.24) is 4.98 Å². The largest absolute Gasteiger partial charge is 0.355 e. The molecule has 29 heavy (non-hydrogen) atoms. The van der Waals surface area contributed by atoms with E-state index in [0.29, 0.717) is 20.1 Å². The summed E-state index contributed by atoms with van der Waals surface area (Å²) in [5, 5.41) is 3.56. The van der Waals surface area contributed by atoms with Crippen LogP contribution in [-0.2, 0) is 0 Å². The molecule has 0 amide bonds. The Morgan fingerprint density at radius 3 is 1.83 bits per heavy atom.